The van der Waals surface area contributed by atoms with Crippen molar-refractivity contribution in [3.05, 3.63) is 18.0 Å². The average Bonchev–Trinajstić information content (AvgIpc) is 2.43. The van der Waals surface area contributed by atoms with Crippen molar-refractivity contribution in [3.8, 4) is 0 Å². The molecule has 1 aromatic heterocycles. The fraction of sp³-hybridized carbons (Fsp3) is 0.667. The van der Waals surface area contributed by atoms with Crippen LogP contribution in [-0.4, -0.2) is 34.3 Å². The first-order valence-corrected chi connectivity index (χ1v) is 4.69. The van der Waals surface area contributed by atoms with Crippen molar-refractivity contribution in [1.82, 2.24) is 14.7 Å². The minimum absolute atomic E-state index is 0.712. The molecular weight excluding hydrogens is 164 g/mol. The van der Waals surface area contributed by atoms with E-state index in [9.17, 15) is 0 Å². The van der Waals surface area contributed by atoms with E-state index in [1.807, 2.05) is 17.9 Å². The molecule has 0 saturated carbocycles. The quantitative estimate of drug-likeness (QED) is 0.701. The van der Waals surface area contributed by atoms with Gasteiger partial charge in [-0.2, -0.15) is 5.10 Å². The topological polar surface area (TPSA) is 47.1 Å². The summed E-state index contributed by atoms with van der Waals surface area (Å²) < 4.78 is 1.84. The van der Waals surface area contributed by atoms with Gasteiger partial charge in [0.15, 0.2) is 0 Å². The molecule has 0 radical (unpaired) electrons. The van der Waals surface area contributed by atoms with Crippen molar-refractivity contribution in [3.63, 3.8) is 0 Å². The minimum atomic E-state index is 0.712. The zero-order valence-corrected chi connectivity index (χ0v) is 7.98. The molecule has 0 aliphatic carbocycles. The smallest absolute Gasteiger partial charge is 0.0764 e. The molecule has 2 N–H and O–H groups in total. The van der Waals surface area contributed by atoms with Crippen LogP contribution in [0.2, 0.25) is 0 Å². The van der Waals surface area contributed by atoms with E-state index >= 15 is 0 Å². The zero-order valence-electron chi connectivity index (χ0n) is 7.98. The van der Waals surface area contributed by atoms with Crippen molar-refractivity contribution >= 4 is 0 Å². The van der Waals surface area contributed by atoms with Crippen LogP contribution in [0.15, 0.2) is 12.3 Å². The maximum absolute atomic E-state index is 5.55. The molecule has 2 heterocycles. The number of aromatic nitrogens is 2. The molecule has 0 amide bonds. The Morgan fingerprint density at radius 1 is 1.62 bits per heavy atom. The molecule has 4 nitrogen and oxygen atoms in total. The van der Waals surface area contributed by atoms with Crippen LogP contribution in [0, 0.1) is 5.92 Å². The molecule has 1 aliphatic rings. The monoisotopic (exact) mass is 180 g/mol. The van der Waals surface area contributed by atoms with E-state index in [2.05, 4.69) is 16.1 Å². The Kier molecular flexibility index (Phi) is 2.33. The number of rotatable bonds is 3. The molecule has 72 valence electrons. The number of nitrogens with two attached hydrogens (primary N) is 1. The lowest BCUT2D eigenvalue weighted by Gasteiger charge is -2.38. The summed E-state index contributed by atoms with van der Waals surface area (Å²) >= 11 is 0. The average molecular weight is 180 g/mol. The Labute approximate surface area is 78.3 Å². The van der Waals surface area contributed by atoms with Gasteiger partial charge in [0.25, 0.3) is 0 Å². The van der Waals surface area contributed by atoms with Crippen molar-refractivity contribution < 1.29 is 0 Å². The van der Waals surface area contributed by atoms with E-state index in [4.69, 9.17) is 5.73 Å². The summed E-state index contributed by atoms with van der Waals surface area (Å²) in [5.41, 5.74) is 6.70. The summed E-state index contributed by atoms with van der Waals surface area (Å²) in [5, 5.41) is 4.33. The van der Waals surface area contributed by atoms with Crippen molar-refractivity contribution in [2.75, 3.05) is 19.6 Å². The third-order valence-corrected chi connectivity index (χ3v) is 2.52. The summed E-state index contributed by atoms with van der Waals surface area (Å²) in [6.07, 6.45) is 1.98. The fourth-order valence-electron chi connectivity index (χ4n) is 1.73. The first kappa shape index (κ1) is 8.72. The van der Waals surface area contributed by atoms with Crippen LogP contribution in [0.4, 0.5) is 0 Å². The summed E-state index contributed by atoms with van der Waals surface area (Å²) in [6, 6.07) is 2.07. The Balaban J connectivity index is 1.81. The molecular formula is C9H16N4. The summed E-state index contributed by atoms with van der Waals surface area (Å²) in [5.74, 6) is 0.712. The lowest BCUT2D eigenvalue weighted by atomic mass is 10.0. The van der Waals surface area contributed by atoms with Crippen LogP contribution in [0.25, 0.3) is 0 Å². The largest absolute Gasteiger partial charge is 0.330 e. The molecule has 4 heteroatoms. The lowest BCUT2D eigenvalue weighted by Crippen LogP contribution is -2.49. The van der Waals surface area contributed by atoms with E-state index in [0.29, 0.717) is 5.92 Å². The van der Waals surface area contributed by atoms with Gasteiger partial charge < -0.3 is 5.73 Å². The predicted molar refractivity (Wildman–Crippen MR) is 51.0 cm³/mol. The molecule has 1 aliphatic heterocycles. The van der Waals surface area contributed by atoms with Gasteiger partial charge in [0.2, 0.25) is 0 Å². The number of aryl methyl sites for hydroxylation is 1. The molecule has 0 atom stereocenters. The Morgan fingerprint density at radius 3 is 2.92 bits per heavy atom. The Morgan fingerprint density at radius 2 is 2.38 bits per heavy atom. The highest BCUT2D eigenvalue weighted by atomic mass is 15.3. The van der Waals surface area contributed by atoms with E-state index in [1.54, 1.807) is 0 Å². The Hall–Kier alpha value is -0.870. The fourth-order valence-corrected chi connectivity index (χ4v) is 1.73. The first-order chi connectivity index (χ1) is 6.28. The molecule has 0 spiro atoms. The van der Waals surface area contributed by atoms with Crippen LogP contribution in [0.3, 0.4) is 0 Å². The molecule has 1 aromatic rings. The summed E-state index contributed by atoms with van der Waals surface area (Å²) in [6.45, 7) is 4.05. The van der Waals surface area contributed by atoms with E-state index in [-0.39, 0.29) is 0 Å². The van der Waals surface area contributed by atoms with Crippen molar-refractivity contribution in [1.29, 1.82) is 0 Å². The maximum Gasteiger partial charge on any atom is 0.0764 e. The number of hydrogen-bond donors (Lipinski definition) is 1. The molecule has 0 aromatic carbocycles. The van der Waals surface area contributed by atoms with Gasteiger partial charge in [-0.25, -0.2) is 0 Å². The van der Waals surface area contributed by atoms with Gasteiger partial charge in [0.05, 0.1) is 5.69 Å². The second-order valence-corrected chi connectivity index (χ2v) is 3.78. The van der Waals surface area contributed by atoms with Gasteiger partial charge in [-0.15, -0.1) is 0 Å². The van der Waals surface area contributed by atoms with Crippen LogP contribution >= 0.6 is 0 Å². The van der Waals surface area contributed by atoms with Gasteiger partial charge in [0.1, 0.15) is 0 Å². The van der Waals surface area contributed by atoms with Crippen LogP contribution in [0.1, 0.15) is 5.69 Å². The minimum Gasteiger partial charge on any atom is -0.330 e. The van der Waals surface area contributed by atoms with E-state index < -0.39 is 0 Å². The molecule has 1 fully saturated rings. The molecule has 0 bridgehead atoms. The van der Waals surface area contributed by atoms with Gasteiger partial charge in [-0.1, -0.05) is 0 Å². The molecule has 2 rings (SSSR count). The third kappa shape index (κ3) is 1.89. The maximum atomic E-state index is 5.55. The second kappa shape index (κ2) is 3.47. The molecule has 13 heavy (non-hydrogen) atoms. The van der Waals surface area contributed by atoms with Gasteiger partial charge in [0, 0.05) is 32.9 Å². The Bertz CT molecular complexity index is 275. The zero-order chi connectivity index (χ0) is 9.26. The number of likely N-dealkylation sites (tertiary alicyclic amines) is 1. The van der Waals surface area contributed by atoms with Crippen LogP contribution in [-0.2, 0) is 13.6 Å². The number of hydrogen-bond acceptors (Lipinski definition) is 3. The van der Waals surface area contributed by atoms with Gasteiger partial charge in [-0.3, -0.25) is 9.58 Å². The van der Waals surface area contributed by atoms with Gasteiger partial charge in [-0.05, 0) is 18.5 Å². The van der Waals surface area contributed by atoms with Crippen LogP contribution in [0.5, 0.6) is 0 Å². The van der Waals surface area contributed by atoms with E-state index in [1.165, 1.54) is 0 Å². The van der Waals surface area contributed by atoms with E-state index in [0.717, 1.165) is 31.9 Å². The normalized spacial score (nSPS) is 18.9. The van der Waals surface area contributed by atoms with Gasteiger partial charge >= 0.3 is 0 Å². The second-order valence-electron chi connectivity index (χ2n) is 3.78. The summed E-state index contributed by atoms with van der Waals surface area (Å²) in [7, 11) is 1.95. The molecule has 0 unspecified atom stereocenters. The van der Waals surface area contributed by atoms with Crippen molar-refractivity contribution in [2.45, 2.75) is 6.54 Å². The predicted octanol–water partition coefficient (Wildman–Crippen LogP) is -0.189. The highest BCUT2D eigenvalue weighted by molar-refractivity contribution is 4.99. The summed E-state index contributed by atoms with van der Waals surface area (Å²) in [4.78, 5) is 2.37. The highest BCUT2D eigenvalue weighted by Crippen LogP contribution is 2.16. The third-order valence-electron chi connectivity index (χ3n) is 2.52. The lowest BCUT2D eigenvalue weighted by molar-refractivity contribution is 0.0963. The molecule has 1 saturated heterocycles. The van der Waals surface area contributed by atoms with Crippen LogP contribution < -0.4 is 5.73 Å². The number of nitrogens with zero attached hydrogens (tertiary/aromatic N) is 3. The highest BCUT2D eigenvalue weighted by Gasteiger charge is 2.25. The van der Waals surface area contributed by atoms with Crippen molar-refractivity contribution in [2.24, 2.45) is 18.7 Å². The first-order valence-electron chi connectivity index (χ1n) is 4.69. The SMILES string of the molecule is Cn1ccc(CN2CC(CN)C2)n1. The standard InChI is InChI=1S/C9H16N4/c1-12-3-2-9(11-12)7-13-5-8(4-10)6-13/h2-3,8H,4-7,10H2,1H3.